The Kier molecular flexibility index (Phi) is 10.6. The molecule has 0 aliphatic carbocycles. The van der Waals surface area contributed by atoms with Gasteiger partial charge in [-0.2, -0.15) is 0 Å². The lowest BCUT2D eigenvalue weighted by Gasteiger charge is -2.02. The van der Waals surface area contributed by atoms with Crippen molar-refractivity contribution in [1.29, 1.82) is 0 Å². The number of rotatable bonds is 8. The van der Waals surface area contributed by atoms with Crippen LogP contribution in [0.25, 0.3) is 0 Å². The Bertz CT molecular complexity index is 135. The van der Waals surface area contributed by atoms with Gasteiger partial charge >= 0.3 is 0 Å². The first-order chi connectivity index (χ1) is 6.31. The van der Waals surface area contributed by atoms with Crippen LogP contribution < -0.4 is 0 Å². The predicted molar refractivity (Wildman–Crippen MR) is 67.5 cm³/mol. The molecule has 0 fully saturated rings. The third-order valence-electron chi connectivity index (χ3n) is 2.22. The van der Waals surface area contributed by atoms with E-state index < -0.39 is 0 Å². The molecule has 0 spiro atoms. The van der Waals surface area contributed by atoms with Crippen LogP contribution in [0.15, 0.2) is 0 Å². The van der Waals surface area contributed by atoms with Crippen LogP contribution in [-0.4, -0.2) is 3.92 Å². The Hall–Kier alpha value is 0.290. The average Bonchev–Trinajstić information content (AvgIpc) is 2.16. The molecule has 0 aromatic carbocycles. The van der Waals surface area contributed by atoms with Crippen LogP contribution in [0.2, 0.25) is 0 Å². The maximum absolute atomic E-state index is 6.92. The van der Waals surface area contributed by atoms with Crippen molar-refractivity contribution in [1.82, 2.24) is 0 Å². The second kappa shape index (κ2) is 10.4. The van der Waals surface area contributed by atoms with E-state index in [1.165, 1.54) is 44.9 Å². The molecule has 0 rings (SSSR count). The molecule has 75 valence electrons. The summed E-state index contributed by atoms with van der Waals surface area (Å²) in [6.45, 7) is 2.25. The highest BCUT2D eigenvalue weighted by atomic mass is 127. The van der Waals surface area contributed by atoms with E-state index in [2.05, 4.69) is 35.4 Å². The van der Waals surface area contributed by atoms with Gasteiger partial charge in [-0.25, -0.2) is 0 Å². The summed E-state index contributed by atoms with van der Waals surface area (Å²) in [5, 5.41) is 0. The maximum atomic E-state index is 6.92. The van der Waals surface area contributed by atoms with E-state index in [-0.39, 0.29) is 0 Å². The zero-order chi connectivity index (χ0) is 9.94. The van der Waals surface area contributed by atoms with E-state index in [4.69, 9.17) is 6.42 Å². The van der Waals surface area contributed by atoms with Gasteiger partial charge in [0.25, 0.3) is 0 Å². The van der Waals surface area contributed by atoms with Gasteiger partial charge in [0.05, 0.1) is 3.92 Å². The lowest BCUT2D eigenvalue weighted by atomic mass is 10.1. The second-order valence-corrected chi connectivity index (χ2v) is 5.03. The summed E-state index contributed by atoms with van der Waals surface area (Å²) >= 11 is 2.28. The van der Waals surface area contributed by atoms with Gasteiger partial charge in [0.15, 0.2) is 0 Å². The highest BCUT2D eigenvalue weighted by Gasteiger charge is 1.97. The number of alkyl halides is 1. The fourth-order valence-electron chi connectivity index (χ4n) is 1.35. The van der Waals surface area contributed by atoms with E-state index in [9.17, 15) is 0 Å². The molecule has 0 aliphatic heterocycles. The van der Waals surface area contributed by atoms with Crippen LogP contribution in [0.4, 0.5) is 0 Å². The molecule has 13 heavy (non-hydrogen) atoms. The summed E-state index contributed by atoms with van der Waals surface area (Å²) in [4.78, 5) is 0. The van der Waals surface area contributed by atoms with Gasteiger partial charge < -0.3 is 0 Å². The smallest absolute Gasteiger partial charge is 0.0729 e. The molecule has 0 saturated carbocycles. The molecule has 0 bridgehead atoms. The Morgan fingerprint density at radius 3 is 2.15 bits per heavy atom. The van der Waals surface area contributed by atoms with Gasteiger partial charge in [0, 0.05) is 0 Å². The summed E-state index contributed by atoms with van der Waals surface area (Å²) in [5.74, 6) is 2.51. The molecule has 0 saturated heterocycles. The van der Waals surface area contributed by atoms with Gasteiger partial charge in [0.2, 0.25) is 0 Å². The fourth-order valence-corrected chi connectivity index (χ4v) is 1.79. The SMILES string of the molecule is [C]#CC(I)CCCCCCCCC. The number of hydrogen-bond acceptors (Lipinski definition) is 0. The highest BCUT2D eigenvalue weighted by molar-refractivity contribution is 14.1. The van der Waals surface area contributed by atoms with Crippen molar-refractivity contribution in [3.63, 3.8) is 0 Å². The lowest BCUT2D eigenvalue weighted by Crippen LogP contribution is -1.91. The number of halogens is 1. The first-order valence-corrected chi connectivity index (χ1v) is 6.62. The van der Waals surface area contributed by atoms with Gasteiger partial charge in [-0.1, -0.05) is 80.4 Å². The zero-order valence-corrected chi connectivity index (χ0v) is 10.8. The summed E-state index contributed by atoms with van der Waals surface area (Å²) in [6, 6.07) is 0. The predicted octanol–water partition coefficient (Wildman–Crippen LogP) is 4.52. The Labute approximate surface area is 97.0 Å². The number of unbranched alkanes of at least 4 members (excludes halogenated alkanes) is 6. The molecule has 1 heteroatoms. The normalized spacial score (nSPS) is 12.4. The molecular weight excluding hydrogens is 271 g/mol. The van der Waals surface area contributed by atoms with Crippen molar-refractivity contribution >= 4 is 22.6 Å². The molecule has 0 N–H and O–H groups in total. The van der Waals surface area contributed by atoms with Crippen molar-refractivity contribution in [2.24, 2.45) is 0 Å². The molecule has 0 heterocycles. The minimum Gasteiger partial charge on any atom is -0.0750 e. The van der Waals surface area contributed by atoms with Crippen molar-refractivity contribution in [3.05, 3.63) is 6.42 Å². The van der Waals surface area contributed by atoms with E-state index in [0.717, 1.165) is 6.42 Å². The molecule has 0 aliphatic rings. The van der Waals surface area contributed by atoms with Crippen molar-refractivity contribution in [3.8, 4) is 5.92 Å². The summed E-state index contributed by atoms with van der Waals surface area (Å²) in [5.41, 5.74) is 0. The standard InChI is InChI=1S/C12H20I/c1-3-5-6-7-8-9-10-11-12(13)4-2/h12H,3,5-11H2,1H3. The van der Waals surface area contributed by atoms with Crippen LogP contribution in [0.1, 0.15) is 58.3 Å². The molecule has 0 aromatic rings. The summed E-state index contributed by atoms with van der Waals surface area (Å²) in [7, 11) is 0. The second-order valence-electron chi connectivity index (χ2n) is 3.52. The lowest BCUT2D eigenvalue weighted by molar-refractivity contribution is 0.582. The van der Waals surface area contributed by atoms with Gasteiger partial charge in [-0.3, -0.25) is 0 Å². The van der Waals surface area contributed by atoms with Crippen LogP contribution in [0.3, 0.4) is 0 Å². The van der Waals surface area contributed by atoms with E-state index >= 15 is 0 Å². The topological polar surface area (TPSA) is 0 Å². The number of hydrogen-bond donors (Lipinski definition) is 0. The monoisotopic (exact) mass is 291 g/mol. The minimum absolute atomic E-state index is 0.341. The van der Waals surface area contributed by atoms with E-state index in [1.54, 1.807) is 0 Å². The molecule has 1 radical (unpaired) electrons. The molecule has 1 atom stereocenters. The zero-order valence-electron chi connectivity index (χ0n) is 8.61. The minimum atomic E-state index is 0.341. The third-order valence-corrected chi connectivity index (χ3v) is 3.15. The largest absolute Gasteiger partial charge is 0.0750 e. The van der Waals surface area contributed by atoms with Crippen molar-refractivity contribution in [2.75, 3.05) is 0 Å². The first-order valence-electron chi connectivity index (χ1n) is 5.37. The van der Waals surface area contributed by atoms with Crippen LogP contribution in [0.5, 0.6) is 0 Å². The molecule has 0 amide bonds. The van der Waals surface area contributed by atoms with Gasteiger partial charge in [-0.15, -0.1) is 0 Å². The Morgan fingerprint density at radius 2 is 1.62 bits per heavy atom. The van der Waals surface area contributed by atoms with Gasteiger partial charge in [-0.05, 0) is 12.8 Å². The summed E-state index contributed by atoms with van der Waals surface area (Å²) in [6.07, 6.45) is 17.6. The van der Waals surface area contributed by atoms with Crippen LogP contribution >= 0.6 is 22.6 Å². The summed E-state index contributed by atoms with van der Waals surface area (Å²) < 4.78 is 0.341. The van der Waals surface area contributed by atoms with Gasteiger partial charge in [0.1, 0.15) is 0 Å². The Balaban J connectivity index is 2.96. The third kappa shape index (κ3) is 10.2. The highest BCUT2D eigenvalue weighted by Crippen LogP contribution is 2.13. The van der Waals surface area contributed by atoms with E-state index in [0.29, 0.717) is 3.92 Å². The molecule has 1 unspecified atom stereocenters. The van der Waals surface area contributed by atoms with Crippen molar-refractivity contribution < 1.29 is 0 Å². The maximum Gasteiger partial charge on any atom is 0.0729 e. The first kappa shape index (κ1) is 13.3. The molecular formula is C12H20I. The quantitative estimate of drug-likeness (QED) is 0.267. The fraction of sp³-hybridized carbons (Fsp3) is 0.833. The Morgan fingerprint density at radius 1 is 1.08 bits per heavy atom. The average molecular weight is 291 g/mol. The van der Waals surface area contributed by atoms with Crippen molar-refractivity contribution in [2.45, 2.75) is 62.2 Å². The van der Waals surface area contributed by atoms with E-state index in [1.807, 2.05) is 0 Å². The molecule has 0 aromatic heterocycles. The van der Waals surface area contributed by atoms with Crippen LogP contribution in [-0.2, 0) is 0 Å². The van der Waals surface area contributed by atoms with Crippen LogP contribution in [0, 0.1) is 12.3 Å². The molecule has 0 nitrogen and oxygen atoms in total.